The molecule has 2 aromatic carbocycles. The van der Waals surface area contributed by atoms with Gasteiger partial charge in [0.05, 0.1) is 5.75 Å². The molecule has 0 spiro atoms. The van der Waals surface area contributed by atoms with Crippen LogP contribution in [0.15, 0.2) is 36.4 Å². The Bertz CT molecular complexity index is 1160. The molecular formula is C53H96B2NO6Ru. The molecule has 10 heteroatoms. The van der Waals surface area contributed by atoms with E-state index in [-0.39, 0.29) is 19.5 Å². The van der Waals surface area contributed by atoms with E-state index < -0.39 is 14.6 Å². The average Bonchev–Trinajstić information content (AvgIpc) is 3.23. The van der Waals surface area contributed by atoms with Crippen LogP contribution in [-0.4, -0.2) is 44.7 Å². The molecule has 2 aromatic rings. The third-order valence-electron chi connectivity index (χ3n) is 11.9. The Labute approximate surface area is 403 Å². The molecule has 7 nitrogen and oxygen atoms in total. The molecule has 2 rings (SSSR count). The van der Waals surface area contributed by atoms with Crippen molar-refractivity contribution in [2.45, 2.75) is 247 Å². The maximum absolute atomic E-state index is 10.3. The number of unbranched alkanes of at least 4 members (excludes halogenated alkanes) is 30. The van der Waals surface area contributed by atoms with Gasteiger partial charge in [-0.1, -0.05) is 242 Å². The van der Waals surface area contributed by atoms with Crippen molar-refractivity contribution in [3.63, 3.8) is 0 Å². The van der Waals surface area contributed by atoms with Crippen LogP contribution in [0.2, 0.25) is 0 Å². The number of nitrogens with zero attached hydrogens (tertiary/aromatic N) is 1. The Hall–Kier alpha value is -1.41. The first-order valence-electron chi connectivity index (χ1n) is 25.8. The maximum Gasteiger partial charge on any atom is 3.00 e. The zero-order chi connectivity index (χ0) is 45.9. The summed E-state index contributed by atoms with van der Waals surface area (Å²) in [5.74, 6) is 0.804. The number of rotatable bonds is 38. The van der Waals surface area contributed by atoms with E-state index in [4.69, 9.17) is 5.02 Å². The fourth-order valence-corrected chi connectivity index (χ4v) is 8.05. The van der Waals surface area contributed by atoms with E-state index in [1.54, 1.807) is 25.1 Å². The Kier molecular flexibility index (Phi) is 47.6. The molecule has 0 bridgehead atoms. The van der Waals surface area contributed by atoms with Crippen LogP contribution in [0.5, 0.6) is 11.5 Å². The summed E-state index contributed by atoms with van der Waals surface area (Å²) >= 11 is 0. The molecule has 0 aliphatic rings. The smallest absolute Gasteiger partial charge is 0.860 e. The summed E-state index contributed by atoms with van der Waals surface area (Å²) in [6.45, 7) is 14.8. The van der Waals surface area contributed by atoms with E-state index in [9.17, 15) is 15.1 Å². The monoisotopic (exact) mass is 967 g/mol. The molecule has 0 saturated heterocycles. The molecule has 363 valence electrons. The van der Waals surface area contributed by atoms with Gasteiger partial charge in [-0.05, 0) is 83.9 Å². The number of benzene rings is 2. The van der Waals surface area contributed by atoms with Crippen LogP contribution < -0.4 is 24.4 Å². The van der Waals surface area contributed by atoms with Gasteiger partial charge in [-0.25, -0.2) is 0 Å². The van der Waals surface area contributed by atoms with Gasteiger partial charge < -0.3 is 34.3 Å². The van der Waals surface area contributed by atoms with Gasteiger partial charge in [0.15, 0.2) is 0 Å². The first-order chi connectivity index (χ1) is 30.0. The molecule has 0 heterocycles. The molecule has 1 N–H and O–H groups in total. The molecule has 0 atom stereocenters. The summed E-state index contributed by atoms with van der Waals surface area (Å²) in [6, 6.07) is 10.7. The van der Waals surface area contributed by atoms with Crippen molar-refractivity contribution < 1.29 is 48.9 Å². The van der Waals surface area contributed by atoms with E-state index in [0.29, 0.717) is 11.5 Å². The number of hydrogen-bond acceptors (Lipinski definition) is 7. The van der Waals surface area contributed by atoms with Crippen LogP contribution >= 0.6 is 0 Å². The molecule has 0 fully saturated rings. The van der Waals surface area contributed by atoms with Gasteiger partial charge in [-0.15, -0.1) is 0 Å². The third-order valence-corrected chi connectivity index (χ3v) is 11.9. The third kappa shape index (κ3) is 44.2. The summed E-state index contributed by atoms with van der Waals surface area (Å²) < 4.78 is 9.09. The first kappa shape index (κ1) is 63.7. The maximum atomic E-state index is 10.3. The van der Waals surface area contributed by atoms with Crippen molar-refractivity contribution in [1.29, 1.82) is 0 Å². The predicted octanol–water partition coefficient (Wildman–Crippen LogP) is 12.8. The molecule has 0 aliphatic heterocycles. The summed E-state index contributed by atoms with van der Waals surface area (Å²) in [4.78, 5) is 2.59. The van der Waals surface area contributed by atoms with Gasteiger partial charge in [0, 0.05) is 0 Å². The minimum atomic E-state index is -2.24. The van der Waals surface area contributed by atoms with E-state index in [1.807, 2.05) is 39.0 Å². The molecule has 63 heavy (non-hydrogen) atoms. The molecular weight excluding hydrogens is 869 g/mol. The standard InChI is InChI=1S/C37H77N.C8H10BO3.C8H9BO3.Ru/c1-4-6-8-10-12-14-16-18-20-22-24-26-28-30-32-34-36-38(3)37-35-33-31-29-27-25-23-21-19-17-15-13-11-9-7-5-2;2*1-6-3-4-8(7(2)5-6)12-9(10)11;/h4-37H2,1-3H3;3-5,10H,1-2H3;3-5H,1-2H3;/q;-1;-2;+3. The van der Waals surface area contributed by atoms with E-state index in [1.165, 1.54) is 219 Å². The van der Waals surface area contributed by atoms with Crippen LogP contribution in [-0.2, 0) is 19.5 Å². The van der Waals surface area contributed by atoms with Crippen LogP contribution in [0, 0.1) is 27.7 Å². The van der Waals surface area contributed by atoms with E-state index >= 15 is 0 Å². The minimum absolute atomic E-state index is 0. The molecule has 0 saturated carbocycles. The van der Waals surface area contributed by atoms with E-state index in [2.05, 4.69) is 35.1 Å². The van der Waals surface area contributed by atoms with Crippen molar-refractivity contribution in [2.24, 2.45) is 0 Å². The summed E-state index contributed by atoms with van der Waals surface area (Å²) in [6.07, 6.45) is 46.8. The van der Waals surface area contributed by atoms with Gasteiger partial charge in [-0.2, -0.15) is 0 Å². The molecule has 0 aliphatic carbocycles. The van der Waals surface area contributed by atoms with Gasteiger partial charge in [0.2, 0.25) is 0 Å². The van der Waals surface area contributed by atoms with Gasteiger partial charge >= 0.3 is 26.8 Å². The first-order valence-corrected chi connectivity index (χ1v) is 25.8. The van der Waals surface area contributed by atoms with Crippen molar-refractivity contribution in [3.05, 3.63) is 58.7 Å². The Balaban J connectivity index is 0. The molecule has 0 aromatic heterocycles. The summed E-state index contributed by atoms with van der Waals surface area (Å²) in [5.41, 5.74) is 3.84. The zero-order valence-electron chi connectivity index (χ0n) is 41.9. The Morgan fingerprint density at radius 2 is 0.683 bits per heavy atom. The fourth-order valence-electron chi connectivity index (χ4n) is 8.05. The van der Waals surface area contributed by atoms with Crippen molar-refractivity contribution in [1.82, 2.24) is 4.90 Å². The van der Waals surface area contributed by atoms with Crippen LogP contribution in [0.1, 0.15) is 242 Å². The zero-order valence-corrected chi connectivity index (χ0v) is 43.7. The second-order valence-corrected chi connectivity index (χ2v) is 18.3. The van der Waals surface area contributed by atoms with Crippen LogP contribution in [0.25, 0.3) is 0 Å². The molecule has 0 amide bonds. The summed E-state index contributed by atoms with van der Waals surface area (Å²) in [7, 11) is -1.89. The van der Waals surface area contributed by atoms with Gasteiger partial charge in [0.25, 0.3) is 0 Å². The second-order valence-electron chi connectivity index (χ2n) is 18.3. The van der Waals surface area contributed by atoms with Crippen LogP contribution in [0.4, 0.5) is 0 Å². The van der Waals surface area contributed by atoms with Gasteiger partial charge in [-0.3, -0.25) is 0 Å². The normalized spacial score (nSPS) is 10.7. The topological polar surface area (TPSA) is 111 Å². The summed E-state index contributed by atoms with van der Waals surface area (Å²) in [5, 5.41) is 39.0. The van der Waals surface area contributed by atoms with E-state index in [0.717, 1.165) is 22.3 Å². The predicted molar refractivity (Wildman–Crippen MR) is 263 cm³/mol. The molecule has 1 radical (unpaired) electrons. The van der Waals surface area contributed by atoms with Gasteiger partial charge in [0.1, 0.15) is 13.1 Å². The second kappa shape index (κ2) is 47.1. The molecule has 0 unspecified atom stereocenters. The van der Waals surface area contributed by atoms with Crippen molar-refractivity contribution in [2.75, 3.05) is 20.1 Å². The quantitative estimate of drug-likeness (QED) is 0.0527. The Morgan fingerprint density at radius 1 is 0.429 bits per heavy atom. The SMILES string of the molecule is CCCCCCCCCCCCCCCCCCN(C)CCCCCCCCCCCCCCCCCC.Cc1ccc(OB([O-])O)c(C)c1.Cc1ccc(OB([O-])[O-])c(C)c1.[Ru+3]. The number of aryl methyl sites for hydroxylation is 4. The largest absolute Gasteiger partial charge is 3.00 e. The average molecular weight is 966 g/mol. The minimum Gasteiger partial charge on any atom is -0.860 e. The van der Waals surface area contributed by atoms with Crippen LogP contribution in [0.3, 0.4) is 0 Å². The number of hydrogen-bond donors (Lipinski definition) is 1. The fraction of sp³-hybridized carbons (Fsp3) is 0.774. The van der Waals surface area contributed by atoms with Crippen molar-refractivity contribution >= 4 is 14.6 Å². The Morgan fingerprint density at radius 3 is 0.921 bits per heavy atom. The van der Waals surface area contributed by atoms with Crippen molar-refractivity contribution in [3.8, 4) is 11.5 Å².